The Morgan fingerprint density at radius 1 is 1.22 bits per heavy atom. The molecule has 0 aliphatic heterocycles. The van der Waals surface area contributed by atoms with Crippen molar-refractivity contribution in [3.05, 3.63) is 0 Å². The van der Waals surface area contributed by atoms with Crippen LogP contribution in [-0.4, -0.2) is 33.7 Å². The van der Waals surface area contributed by atoms with Gasteiger partial charge >= 0.3 is 0 Å². The quantitative estimate of drug-likeness (QED) is 0.516. The molecular weight excluding hydrogens is 120 g/mol. The van der Waals surface area contributed by atoms with Crippen molar-refractivity contribution in [1.29, 1.82) is 0 Å². The third-order valence-electron chi connectivity index (χ3n) is 0.984. The first-order chi connectivity index (χ1) is 4.35. The third kappa shape index (κ3) is 4.39. The van der Waals surface area contributed by atoms with Crippen LogP contribution in [0.15, 0.2) is 0 Å². The molecule has 0 aromatic carbocycles. The molecule has 0 atom stereocenters. The van der Waals surface area contributed by atoms with Crippen LogP contribution in [0.2, 0.25) is 0 Å². The summed E-state index contributed by atoms with van der Waals surface area (Å²) in [7, 11) is 3.18. The fraction of sp³-hybridized carbons (Fsp3) is 1.00. The molecule has 0 saturated carbocycles. The lowest BCUT2D eigenvalue weighted by molar-refractivity contribution is -0.139. The first kappa shape index (κ1) is 8.88. The van der Waals surface area contributed by atoms with Gasteiger partial charge in [0.2, 0.25) is 0 Å². The zero-order chi connectivity index (χ0) is 7.11. The van der Waals surface area contributed by atoms with Gasteiger partial charge in [-0.3, -0.25) is 0 Å². The third-order valence-corrected chi connectivity index (χ3v) is 0.984. The molecule has 0 N–H and O–H groups in total. The lowest BCUT2D eigenvalue weighted by atomic mass is 10.7. The monoisotopic (exact) mass is 134 g/mol. The topological polar surface area (TPSA) is 27.7 Å². The fourth-order valence-corrected chi connectivity index (χ4v) is 0.446. The van der Waals surface area contributed by atoms with Crippen molar-refractivity contribution >= 4 is 0 Å². The van der Waals surface area contributed by atoms with Gasteiger partial charge in [0.05, 0.1) is 6.61 Å². The van der Waals surface area contributed by atoms with E-state index in [1.165, 1.54) is 0 Å². The largest absolute Gasteiger partial charge is 0.376 e. The van der Waals surface area contributed by atoms with E-state index in [1.54, 1.807) is 14.2 Å². The fourth-order valence-electron chi connectivity index (χ4n) is 0.446. The average molecular weight is 134 g/mol. The molecule has 0 rings (SSSR count). The Morgan fingerprint density at radius 3 is 2.11 bits per heavy atom. The van der Waals surface area contributed by atoms with Crippen LogP contribution in [0.25, 0.3) is 0 Å². The Morgan fingerprint density at radius 2 is 1.78 bits per heavy atom. The Hall–Kier alpha value is -0.120. The van der Waals surface area contributed by atoms with Crippen molar-refractivity contribution in [2.45, 2.75) is 13.2 Å². The van der Waals surface area contributed by atoms with Crippen LogP contribution in [-0.2, 0) is 14.2 Å². The zero-order valence-corrected chi connectivity index (χ0v) is 6.22. The Kier molecular flexibility index (Phi) is 5.93. The standard InChI is InChI=1S/C6H14O3/c1-4-9-5-6(7-2)8-3/h6H,4-5H2,1-3H3. The van der Waals surface area contributed by atoms with Crippen molar-refractivity contribution in [3.63, 3.8) is 0 Å². The summed E-state index contributed by atoms with van der Waals surface area (Å²) in [5.41, 5.74) is 0. The average Bonchev–Trinajstić information content (AvgIpc) is 1.91. The molecule has 0 radical (unpaired) electrons. The lowest BCUT2D eigenvalue weighted by Gasteiger charge is -2.11. The molecule has 56 valence electrons. The number of hydrogen-bond donors (Lipinski definition) is 0. The predicted molar refractivity (Wildman–Crippen MR) is 34.3 cm³/mol. The van der Waals surface area contributed by atoms with E-state index in [-0.39, 0.29) is 6.29 Å². The van der Waals surface area contributed by atoms with Crippen LogP contribution >= 0.6 is 0 Å². The number of methoxy groups -OCH3 is 2. The van der Waals surface area contributed by atoms with Gasteiger partial charge in [0.25, 0.3) is 0 Å². The second-order valence-corrected chi connectivity index (χ2v) is 1.56. The summed E-state index contributed by atoms with van der Waals surface area (Å²) in [5.74, 6) is 0. The Balaban J connectivity index is 3.09. The van der Waals surface area contributed by atoms with Gasteiger partial charge in [0, 0.05) is 20.8 Å². The molecule has 0 fully saturated rings. The maximum Gasteiger partial charge on any atom is 0.180 e. The molecule has 3 heteroatoms. The number of rotatable bonds is 5. The van der Waals surface area contributed by atoms with Crippen molar-refractivity contribution in [2.75, 3.05) is 27.4 Å². The summed E-state index contributed by atoms with van der Waals surface area (Å²) in [6.45, 7) is 3.13. The highest BCUT2D eigenvalue weighted by atomic mass is 16.7. The van der Waals surface area contributed by atoms with Crippen LogP contribution < -0.4 is 0 Å². The van der Waals surface area contributed by atoms with E-state index < -0.39 is 0 Å². The molecule has 0 aromatic heterocycles. The maximum absolute atomic E-state index is 5.03. The van der Waals surface area contributed by atoms with E-state index in [0.29, 0.717) is 13.2 Å². The normalized spacial score (nSPS) is 10.7. The van der Waals surface area contributed by atoms with E-state index in [9.17, 15) is 0 Å². The smallest absolute Gasteiger partial charge is 0.180 e. The van der Waals surface area contributed by atoms with Crippen molar-refractivity contribution in [3.8, 4) is 0 Å². The van der Waals surface area contributed by atoms with Gasteiger partial charge in [-0.15, -0.1) is 0 Å². The molecule has 3 nitrogen and oxygen atoms in total. The predicted octanol–water partition coefficient (Wildman–Crippen LogP) is 0.642. The van der Waals surface area contributed by atoms with E-state index in [4.69, 9.17) is 14.2 Å². The van der Waals surface area contributed by atoms with Crippen molar-refractivity contribution in [1.82, 2.24) is 0 Å². The molecule has 0 saturated heterocycles. The SMILES string of the molecule is CCOCC(OC)OC. The second kappa shape index (κ2) is 6.01. The van der Waals surface area contributed by atoms with Crippen LogP contribution in [0.4, 0.5) is 0 Å². The highest BCUT2D eigenvalue weighted by molar-refractivity contribution is 4.35. The molecular formula is C6H14O3. The summed E-state index contributed by atoms with van der Waals surface area (Å²) in [4.78, 5) is 0. The molecule has 0 amide bonds. The molecule has 0 heterocycles. The van der Waals surface area contributed by atoms with Crippen molar-refractivity contribution in [2.24, 2.45) is 0 Å². The van der Waals surface area contributed by atoms with E-state index >= 15 is 0 Å². The Labute approximate surface area is 55.9 Å². The van der Waals surface area contributed by atoms with Gasteiger partial charge in [-0.25, -0.2) is 0 Å². The molecule has 9 heavy (non-hydrogen) atoms. The summed E-state index contributed by atoms with van der Waals surface area (Å²) in [6.07, 6.45) is -0.218. The van der Waals surface area contributed by atoms with E-state index in [2.05, 4.69) is 0 Å². The number of hydrogen-bond acceptors (Lipinski definition) is 3. The van der Waals surface area contributed by atoms with Gasteiger partial charge < -0.3 is 14.2 Å². The minimum absolute atomic E-state index is 0.218. The maximum atomic E-state index is 5.03. The van der Waals surface area contributed by atoms with Gasteiger partial charge in [-0.1, -0.05) is 0 Å². The van der Waals surface area contributed by atoms with E-state index in [0.717, 1.165) is 0 Å². The molecule has 0 spiro atoms. The second-order valence-electron chi connectivity index (χ2n) is 1.56. The summed E-state index contributed by atoms with van der Waals surface area (Å²) in [5, 5.41) is 0. The summed E-state index contributed by atoms with van der Waals surface area (Å²) in [6, 6.07) is 0. The molecule has 0 aromatic rings. The molecule has 0 aliphatic carbocycles. The van der Waals surface area contributed by atoms with Crippen LogP contribution in [0.3, 0.4) is 0 Å². The highest BCUT2D eigenvalue weighted by Gasteiger charge is 2.01. The van der Waals surface area contributed by atoms with Crippen molar-refractivity contribution < 1.29 is 14.2 Å². The van der Waals surface area contributed by atoms with E-state index in [1.807, 2.05) is 6.92 Å². The minimum Gasteiger partial charge on any atom is -0.376 e. The van der Waals surface area contributed by atoms with Gasteiger partial charge in [0.1, 0.15) is 0 Å². The minimum atomic E-state index is -0.218. The lowest BCUT2D eigenvalue weighted by Crippen LogP contribution is -2.19. The highest BCUT2D eigenvalue weighted by Crippen LogP contribution is 1.90. The first-order valence-corrected chi connectivity index (χ1v) is 2.98. The van der Waals surface area contributed by atoms with Gasteiger partial charge in [-0.05, 0) is 6.92 Å². The summed E-state index contributed by atoms with van der Waals surface area (Å²) < 4.78 is 14.7. The van der Waals surface area contributed by atoms with Gasteiger partial charge in [0.15, 0.2) is 6.29 Å². The Bertz CT molecular complexity index is 52.3. The van der Waals surface area contributed by atoms with Crippen LogP contribution in [0.1, 0.15) is 6.92 Å². The summed E-state index contributed by atoms with van der Waals surface area (Å²) >= 11 is 0. The number of ether oxygens (including phenoxy) is 3. The first-order valence-electron chi connectivity index (χ1n) is 2.98. The zero-order valence-electron chi connectivity index (χ0n) is 6.22. The van der Waals surface area contributed by atoms with Crippen LogP contribution in [0.5, 0.6) is 0 Å². The van der Waals surface area contributed by atoms with Crippen LogP contribution in [0, 0.1) is 0 Å². The molecule has 0 aliphatic rings. The van der Waals surface area contributed by atoms with Gasteiger partial charge in [-0.2, -0.15) is 0 Å². The molecule has 0 bridgehead atoms. The molecule has 0 unspecified atom stereocenters.